The van der Waals surface area contributed by atoms with E-state index in [-0.39, 0.29) is 6.03 Å². The molecule has 31 heavy (non-hydrogen) atoms. The number of halogens is 1. The zero-order chi connectivity index (χ0) is 22.4. The Labute approximate surface area is 189 Å². The molecule has 0 spiro atoms. The fraction of sp³-hybridized carbons (Fsp3) is 0.240. The van der Waals surface area contributed by atoms with Gasteiger partial charge in [0.15, 0.2) is 0 Å². The Morgan fingerprint density at radius 1 is 1.00 bits per heavy atom. The van der Waals surface area contributed by atoms with Gasteiger partial charge in [-0.1, -0.05) is 55.8 Å². The van der Waals surface area contributed by atoms with Crippen LogP contribution in [-0.4, -0.2) is 13.1 Å². The zero-order valence-corrected chi connectivity index (χ0v) is 19.0. The SMILES string of the molecule is CCc1c(N)cc(Cl)c(CC)c1NC(=O)N(Cc1ccccc1)c1ccc(NC)cc1. The molecule has 0 radical (unpaired) electrons. The Balaban J connectivity index is 2.00. The second-order valence-corrected chi connectivity index (χ2v) is 7.69. The van der Waals surface area contributed by atoms with Crippen molar-refractivity contribution in [1.82, 2.24) is 0 Å². The van der Waals surface area contributed by atoms with E-state index in [1.165, 1.54) is 0 Å². The molecule has 0 saturated heterocycles. The summed E-state index contributed by atoms with van der Waals surface area (Å²) in [6.45, 7) is 4.47. The van der Waals surface area contributed by atoms with Crippen LogP contribution in [0.1, 0.15) is 30.5 Å². The minimum Gasteiger partial charge on any atom is -0.398 e. The molecule has 0 heterocycles. The molecule has 0 unspecified atom stereocenters. The van der Waals surface area contributed by atoms with Gasteiger partial charge >= 0.3 is 6.03 Å². The molecule has 5 nitrogen and oxygen atoms in total. The molecule has 0 saturated carbocycles. The van der Waals surface area contributed by atoms with Gasteiger partial charge in [-0.15, -0.1) is 0 Å². The van der Waals surface area contributed by atoms with Crippen molar-refractivity contribution in [2.45, 2.75) is 33.2 Å². The van der Waals surface area contributed by atoms with Gasteiger partial charge in [-0.2, -0.15) is 0 Å². The van der Waals surface area contributed by atoms with Crippen molar-refractivity contribution in [3.05, 3.63) is 82.4 Å². The van der Waals surface area contributed by atoms with Gasteiger partial charge in [0.1, 0.15) is 0 Å². The molecule has 0 atom stereocenters. The van der Waals surface area contributed by atoms with Crippen LogP contribution in [0.2, 0.25) is 5.02 Å². The van der Waals surface area contributed by atoms with E-state index in [0.29, 0.717) is 35.8 Å². The number of nitrogens with two attached hydrogens (primary N) is 1. The number of carbonyl (C=O) groups excluding carboxylic acids is 1. The third kappa shape index (κ3) is 5.12. The highest BCUT2D eigenvalue weighted by molar-refractivity contribution is 6.32. The van der Waals surface area contributed by atoms with E-state index in [9.17, 15) is 4.79 Å². The molecule has 3 aromatic rings. The number of urea groups is 1. The van der Waals surface area contributed by atoms with Crippen molar-refractivity contribution in [2.24, 2.45) is 0 Å². The van der Waals surface area contributed by atoms with Crippen molar-refractivity contribution >= 4 is 40.4 Å². The van der Waals surface area contributed by atoms with E-state index in [0.717, 1.165) is 28.1 Å². The average molecular weight is 437 g/mol. The van der Waals surface area contributed by atoms with E-state index in [4.69, 9.17) is 17.3 Å². The highest BCUT2D eigenvalue weighted by Crippen LogP contribution is 2.34. The number of nitrogen functional groups attached to an aromatic ring is 1. The predicted octanol–water partition coefficient (Wildman–Crippen LogP) is 6.33. The summed E-state index contributed by atoms with van der Waals surface area (Å²) in [6.07, 6.45) is 1.39. The van der Waals surface area contributed by atoms with Crippen LogP contribution in [0, 0.1) is 0 Å². The highest BCUT2D eigenvalue weighted by Gasteiger charge is 2.21. The van der Waals surface area contributed by atoms with Gasteiger partial charge in [0.25, 0.3) is 0 Å². The van der Waals surface area contributed by atoms with Crippen LogP contribution in [0.4, 0.5) is 27.5 Å². The number of hydrogen-bond donors (Lipinski definition) is 3. The van der Waals surface area contributed by atoms with E-state index in [1.807, 2.05) is 75.5 Å². The number of amides is 2. The van der Waals surface area contributed by atoms with Gasteiger partial charge in [0.05, 0.1) is 12.2 Å². The van der Waals surface area contributed by atoms with Crippen molar-refractivity contribution in [2.75, 3.05) is 28.3 Å². The van der Waals surface area contributed by atoms with Gasteiger partial charge in [-0.3, -0.25) is 4.90 Å². The summed E-state index contributed by atoms with van der Waals surface area (Å²) in [6, 6.07) is 19.2. The van der Waals surface area contributed by atoms with Crippen LogP contribution in [0.25, 0.3) is 0 Å². The topological polar surface area (TPSA) is 70.4 Å². The van der Waals surface area contributed by atoms with Crippen LogP contribution in [0.15, 0.2) is 60.7 Å². The minimum absolute atomic E-state index is 0.230. The standard InChI is InChI=1S/C25H29ClN4O/c1-4-20-22(26)15-23(27)21(5-2)24(20)29-25(31)30(16-17-9-7-6-8-10-17)19-13-11-18(28-3)12-14-19/h6-15,28H,4-5,16,27H2,1-3H3,(H,29,31). The van der Waals surface area contributed by atoms with E-state index in [1.54, 1.807) is 11.0 Å². The molecule has 2 amide bonds. The monoisotopic (exact) mass is 436 g/mol. The quantitative estimate of drug-likeness (QED) is 0.379. The average Bonchev–Trinajstić information content (AvgIpc) is 2.78. The maximum absolute atomic E-state index is 13.5. The Kier molecular flexibility index (Phi) is 7.42. The first kappa shape index (κ1) is 22.5. The van der Waals surface area contributed by atoms with Gasteiger partial charge in [-0.25, -0.2) is 4.79 Å². The van der Waals surface area contributed by atoms with E-state index >= 15 is 0 Å². The summed E-state index contributed by atoms with van der Waals surface area (Å²) in [5.74, 6) is 0. The van der Waals surface area contributed by atoms with Gasteiger partial charge in [0, 0.05) is 29.1 Å². The minimum atomic E-state index is -0.230. The normalized spacial score (nSPS) is 10.6. The number of benzene rings is 3. The van der Waals surface area contributed by atoms with Gasteiger partial charge in [-0.05, 0) is 59.9 Å². The van der Waals surface area contributed by atoms with Crippen LogP contribution < -0.4 is 21.3 Å². The first-order chi connectivity index (χ1) is 15.0. The number of anilines is 4. The third-order valence-electron chi connectivity index (χ3n) is 5.36. The van der Waals surface area contributed by atoms with Crippen molar-refractivity contribution in [1.29, 1.82) is 0 Å². The summed E-state index contributed by atoms with van der Waals surface area (Å²) < 4.78 is 0. The third-order valence-corrected chi connectivity index (χ3v) is 5.70. The van der Waals surface area contributed by atoms with Crippen LogP contribution in [0.3, 0.4) is 0 Å². The number of hydrogen-bond acceptors (Lipinski definition) is 3. The fourth-order valence-corrected chi connectivity index (χ4v) is 4.01. The van der Waals surface area contributed by atoms with Crippen LogP contribution in [0.5, 0.6) is 0 Å². The first-order valence-electron chi connectivity index (χ1n) is 10.5. The molecule has 0 fully saturated rings. The molecule has 162 valence electrons. The molecular weight excluding hydrogens is 408 g/mol. The lowest BCUT2D eigenvalue weighted by Crippen LogP contribution is -2.35. The smallest absolute Gasteiger partial charge is 0.326 e. The molecule has 0 aliphatic heterocycles. The van der Waals surface area contributed by atoms with Crippen LogP contribution >= 0.6 is 11.6 Å². The number of rotatable bonds is 7. The fourth-order valence-electron chi connectivity index (χ4n) is 3.66. The van der Waals surface area contributed by atoms with Crippen molar-refractivity contribution in [3.63, 3.8) is 0 Å². The maximum Gasteiger partial charge on any atom is 0.326 e. The largest absolute Gasteiger partial charge is 0.398 e. The maximum atomic E-state index is 13.5. The van der Waals surface area contributed by atoms with Gasteiger partial charge < -0.3 is 16.4 Å². The zero-order valence-electron chi connectivity index (χ0n) is 18.2. The molecule has 0 aromatic heterocycles. The number of nitrogens with one attached hydrogen (secondary N) is 2. The molecular formula is C25H29ClN4O. The number of nitrogens with zero attached hydrogens (tertiary/aromatic N) is 1. The molecule has 6 heteroatoms. The van der Waals surface area contributed by atoms with E-state index in [2.05, 4.69) is 10.6 Å². The molecule has 0 bridgehead atoms. The Bertz CT molecular complexity index is 1010. The van der Waals surface area contributed by atoms with Crippen LogP contribution in [-0.2, 0) is 19.4 Å². The lowest BCUT2D eigenvalue weighted by Gasteiger charge is -2.26. The lowest BCUT2D eigenvalue weighted by atomic mass is 10.0. The second kappa shape index (κ2) is 10.2. The van der Waals surface area contributed by atoms with E-state index < -0.39 is 0 Å². The lowest BCUT2D eigenvalue weighted by molar-refractivity contribution is 0.256. The summed E-state index contributed by atoms with van der Waals surface area (Å²) in [5, 5.41) is 6.79. The van der Waals surface area contributed by atoms with Gasteiger partial charge in [0.2, 0.25) is 0 Å². The first-order valence-corrected chi connectivity index (χ1v) is 10.9. The molecule has 4 N–H and O–H groups in total. The van der Waals surface area contributed by atoms with Crippen molar-refractivity contribution < 1.29 is 4.79 Å². The summed E-state index contributed by atoms with van der Waals surface area (Å²) in [5.41, 5.74) is 12.1. The second-order valence-electron chi connectivity index (χ2n) is 7.29. The Hall–Kier alpha value is -3.18. The number of carbonyl (C=O) groups is 1. The predicted molar refractivity (Wildman–Crippen MR) is 132 cm³/mol. The highest BCUT2D eigenvalue weighted by atomic mass is 35.5. The Morgan fingerprint density at radius 2 is 1.65 bits per heavy atom. The molecule has 3 aromatic carbocycles. The summed E-state index contributed by atoms with van der Waals surface area (Å²) in [4.78, 5) is 15.3. The molecule has 0 aliphatic carbocycles. The summed E-state index contributed by atoms with van der Waals surface area (Å²) >= 11 is 6.46. The summed E-state index contributed by atoms with van der Waals surface area (Å²) in [7, 11) is 1.87. The van der Waals surface area contributed by atoms with Crippen molar-refractivity contribution in [3.8, 4) is 0 Å². The molecule has 0 aliphatic rings. The Morgan fingerprint density at radius 3 is 2.23 bits per heavy atom. The molecule has 3 rings (SSSR count).